The maximum atomic E-state index is 5.81. The van der Waals surface area contributed by atoms with E-state index in [0.29, 0.717) is 5.88 Å². The third-order valence-corrected chi connectivity index (χ3v) is 4.18. The van der Waals surface area contributed by atoms with E-state index in [-0.39, 0.29) is 0 Å². The Kier molecular flexibility index (Phi) is 5.13. The van der Waals surface area contributed by atoms with Crippen molar-refractivity contribution in [2.75, 3.05) is 7.11 Å². The van der Waals surface area contributed by atoms with Gasteiger partial charge in [0.25, 0.3) is 0 Å². The van der Waals surface area contributed by atoms with Crippen LogP contribution >= 0.6 is 43.5 Å². The number of methoxy groups -OCH3 is 1. The number of halogens is 3. The van der Waals surface area contributed by atoms with Crippen LogP contribution in [0.15, 0.2) is 45.3 Å². The summed E-state index contributed by atoms with van der Waals surface area (Å²) in [7, 11) is 1.63. The van der Waals surface area contributed by atoms with Crippen LogP contribution in [0.2, 0.25) is 0 Å². The van der Waals surface area contributed by atoms with E-state index in [4.69, 9.17) is 21.1 Å². The molecule has 0 heterocycles. The molecule has 100 valence electrons. The van der Waals surface area contributed by atoms with Gasteiger partial charge in [-0.05, 0) is 51.8 Å². The molecule has 0 unspecified atom stereocenters. The maximum absolute atomic E-state index is 5.81. The summed E-state index contributed by atoms with van der Waals surface area (Å²) in [5, 5.41) is 0. The average molecular weight is 407 g/mol. The summed E-state index contributed by atoms with van der Waals surface area (Å²) >= 11 is 12.7. The van der Waals surface area contributed by atoms with Crippen molar-refractivity contribution in [2.24, 2.45) is 0 Å². The maximum Gasteiger partial charge on any atom is 0.141 e. The largest absolute Gasteiger partial charge is 0.497 e. The first-order valence-corrected chi connectivity index (χ1v) is 7.62. The zero-order valence-corrected chi connectivity index (χ0v) is 14.0. The fourth-order valence-corrected chi connectivity index (χ4v) is 2.85. The van der Waals surface area contributed by atoms with E-state index in [1.807, 2.05) is 36.4 Å². The fourth-order valence-electron chi connectivity index (χ4n) is 1.52. The Morgan fingerprint density at radius 1 is 1.00 bits per heavy atom. The van der Waals surface area contributed by atoms with E-state index >= 15 is 0 Å². The third-order valence-electron chi connectivity index (χ3n) is 2.54. The normalized spacial score (nSPS) is 10.3. The van der Waals surface area contributed by atoms with Crippen LogP contribution in [0.1, 0.15) is 5.56 Å². The average Bonchev–Trinajstić information content (AvgIpc) is 2.41. The van der Waals surface area contributed by atoms with Crippen molar-refractivity contribution < 1.29 is 9.47 Å². The highest BCUT2D eigenvalue weighted by Gasteiger charge is 2.06. The Morgan fingerprint density at radius 2 is 1.68 bits per heavy atom. The van der Waals surface area contributed by atoms with E-state index in [2.05, 4.69) is 31.9 Å². The number of ether oxygens (including phenoxy) is 2. The molecule has 0 saturated carbocycles. The molecule has 2 rings (SSSR count). The van der Waals surface area contributed by atoms with Crippen molar-refractivity contribution in [1.82, 2.24) is 0 Å². The van der Waals surface area contributed by atoms with E-state index in [1.165, 1.54) is 0 Å². The second-order valence-electron chi connectivity index (χ2n) is 3.79. The van der Waals surface area contributed by atoms with Crippen LogP contribution in [0.5, 0.6) is 17.2 Å². The van der Waals surface area contributed by atoms with Crippen molar-refractivity contribution >= 4 is 43.5 Å². The Balaban J connectivity index is 2.23. The molecule has 0 aliphatic rings. The smallest absolute Gasteiger partial charge is 0.141 e. The highest BCUT2D eigenvalue weighted by Crippen LogP contribution is 2.34. The molecule has 2 nitrogen and oxygen atoms in total. The second kappa shape index (κ2) is 6.64. The first kappa shape index (κ1) is 14.7. The lowest BCUT2D eigenvalue weighted by atomic mass is 10.2. The van der Waals surface area contributed by atoms with Gasteiger partial charge in [-0.1, -0.05) is 22.0 Å². The van der Waals surface area contributed by atoms with Crippen molar-refractivity contribution in [1.29, 1.82) is 0 Å². The predicted molar refractivity (Wildman–Crippen MR) is 84.5 cm³/mol. The Hall–Kier alpha value is -0.710. The number of rotatable bonds is 4. The highest BCUT2D eigenvalue weighted by atomic mass is 79.9. The summed E-state index contributed by atoms with van der Waals surface area (Å²) in [6, 6.07) is 11.3. The Bertz CT molecular complexity index is 588. The summed E-state index contributed by atoms with van der Waals surface area (Å²) < 4.78 is 12.7. The Labute approximate surface area is 133 Å². The summed E-state index contributed by atoms with van der Waals surface area (Å²) in [5.74, 6) is 2.71. The van der Waals surface area contributed by atoms with E-state index in [0.717, 1.165) is 31.8 Å². The van der Waals surface area contributed by atoms with Crippen LogP contribution in [0.25, 0.3) is 0 Å². The molecule has 2 aromatic carbocycles. The first-order valence-electron chi connectivity index (χ1n) is 5.50. The van der Waals surface area contributed by atoms with E-state index < -0.39 is 0 Å². The summed E-state index contributed by atoms with van der Waals surface area (Å²) in [4.78, 5) is 0. The zero-order valence-electron chi connectivity index (χ0n) is 10.1. The molecular weight excluding hydrogens is 395 g/mol. The van der Waals surface area contributed by atoms with Crippen LogP contribution in [-0.2, 0) is 5.88 Å². The molecule has 19 heavy (non-hydrogen) atoms. The van der Waals surface area contributed by atoms with Crippen molar-refractivity contribution in [2.45, 2.75) is 5.88 Å². The van der Waals surface area contributed by atoms with Gasteiger partial charge >= 0.3 is 0 Å². The summed E-state index contributed by atoms with van der Waals surface area (Å²) in [6.45, 7) is 0. The molecule has 0 fully saturated rings. The summed E-state index contributed by atoms with van der Waals surface area (Å²) in [6.07, 6.45) is 0. The van der Waals surface area contributed by atoms with Gasteiger partial charge in [0.1, 0.15) is 17.2 Å². The Morgan fingerprint density at radius 3 is 2.26 bits per heavy atom. The summed E-state index contributed by atoms with van der Waals surface area (Å²) in [5.41, 5.74) is 1.03. The topological polar surface area (TPSA) is 18.5 Å². The number of benzene rings is 2. The van der Waals surface area contributed by atoms with Gasteiger partial charge in [0, 0.05) is 10.4 Å². The minimum absolute atomic E-state index is 0.465. The quantitative estimate of drug-likeness (QED) is 0.602. The SMILES string of the molecule is COc1ccc(Oc2ccc(CCl)c(Br)c2)c(Br)c1. The van der Waals surface area contributed by atoms with Crippen molar-refractivity contribution in [3.05, 3.63) is 50.9 Å². The van der Waals surface area contributed by atoms with Crippen molar-refractivity contribution in [3.63, 3.8) is 0 Å². The molecule has 0 atom stereocenters. The minimum Gasteiger partial charge on any atom is -0.497 e. The molecular formula is C14H11Br2ClO2. The van der Waals surface area contributed by atoms with Crippen LogP contribution in [0.4, 0.5) is 0 Å². The van der Waals surface area contributed by atoms with Gasteiger partial charge in [0.2, 0.25) is 0 Å². The van der Waals surface area contributed by atoms with Gasteiger partial charge < -0.3 is 9.47 Å². The molecule has 0 spiro atoms. The molecule has 0 amide bonds. The van der Waals surface area contributed by atoms with Crippen LogP contribution < -0.4 is 9.47 Å². The van der Waals surface area contributed by atoms with Crippen molar-refractivity contribution in [3.8, 4) is 17.2 Å². The highest BCUT2D eigenvalue weighted by molar-refractivity contribution is 9.10. The molecule has 0 radical (unpaired) electrons. The van der Waals surface area contributed by atoms with Gasteiger partial charge in [0.15, 0.2) is 0 Å². The lowest BCUT2D eigenvalue weighted by Crippen LogP contribution is -1.89. The van der Waals surface area contributed by atoms with Gasteiger partial charge in [-0.2, -0.15) is 0 Å². The second-order valence-corrected chi connectivity index (χ2v) is 5.76. The standard InChI is InChI=1S/C14H11Br2ClO2/c1-18-10-4-5-14(13(16)6-10)19-11-3-2-9(8-17)12(15)7-11/h2-7H,8H2,1H3. The third kappa shape index (κ3) is 3.65. The molecule has 0 aromatic heterocycles. The van der Waals surface area contributed by atoms with Crippen LogP contribution in [0.3, 0.4) is 0 Å². The first-order chi connectivity index (χ1) is 9.13. The molecule has 0 bridgehead atoms. The molecule has 0 aliphatic carbocycles. The molecule has 5 heteroatoms. The molecule has 0 saturated heterocycles. The fraction of sp³-hybridized carbons (Fsp3) is 0.143. The van der Waals surface area contributed by atoms with Crippen LogP contribution in [-0.4, -0.2) is 7.11 Å². The number of alkyl halides is 1. The lowest BCUT2D eigenvalue weighted by Gasteiger charge is -2.10. The predicted octanol–water partition coefficient (Wildman–Crippen LogP) is 5.75. The van der Waals surface area contributed by atoms with Gasteiger partial charge in [-0.15, -0.1) is 11.6 Å². The lowest BCUT2D eigenvalue weighted by molar-refractivity contribution is 0.412. The monoisotopic (exact) mass is 404 g/mol. The van der Waals surface area contributed by atoms with Gasteiger partial charge in [0.05, 0.1) is 11.6 Å². The molecule has 0 aliphatic heterocycles. The number of hydrogen-bond donors (Lipinski definition) is 0. The van der Waals surface area contributed by atoms with Crippen LogP contribution in [0, 0.1) is 0 Å². The van der Waals surface area contributed by atoms with Gasteiger partial charge in [-0.25, -0.2) is 0 Å². The van der Waals surface area contributed by atoms with Gasteiger partial charge in [-0.3, -0.25) is 0 Å². The van der Waals surface area contributed by atoms with E-state index in [1.54, 1.807) is 7.11 Å². The number of hydrogen-bond acceptors (Lipinski definition) is 2. The molecule has 2 aromatic rings. The minimum atomic E-state index is 0.465. The molecule has 0 N–H and O–H groups in total. The van der Waals surface area contributed by atoms with E-state index in [9.17, 15) is 0 Å². The zero-order chi connectivity index (χ0) is 13.8.